The summed E-state index contributed by atoms with van der Waals surface area (Å²) in [6, 6.07) is 4.05. The first kappa shape index (κ1) is 14.3. The lowest BCUT2D eigenvalue weighted by molar-refractivity contribution is -0.147. The zero-order valence-corrected chi connectivity index (χ0v) is 11.3. The second kappa shape index (κ2) is 5.11. The molecule has 1 aromatic carbocycles. The third-order valence-corrected chi connectivity index (χ3v) is 3.15. The Morgan fingerprint density at radius 3 is 2.50 bits per heavy atom. The van der Waals surface area contributed by atoms with Crippen molar-refractivity contribution in [2.24, 2.45) is 5.41 Å². The van der Waals surface area contributed by atoms with Crippen molar-refractivity contribution >= 4 is 17.6 Å². The molecule has 20 heavy (non-hydrogen) atoms. The fraction of sp³-hybridized carbons (Fsp3) is 0.429. The Morgan fingerprint density at radius 1 is 1.40 bits per heavy atom. The lowest BCUT2D eigenvalue weighted by Crippen LogP contribution is -2.31. The summed E-state index contributed by atoms with van der Waals surface area (Å²) in [6.07, 6.45) is 0.478. The minimum Gasteiger partial charge on any atom is -0.491 e. The SMILES string of the molecule is CC(C)Oc1ccc(NC(=O)C2(C(=O)O)CC2)c(F)c1. The maximum Gasteiger partial charge on any atom is 0.319 e. The van der Waals surface area contributed by atoms with Gasteiger partial charge in [0.15, 0.2) is 0 Å². The molecule has 1 aromatic rings. The largest absolute Gasteiger partial charge is 0.491 e. The van der Waals surface area contributed by atoms with E-state index >= 15 is 0 Å². The molecule has 0 atom stereocenters. The number of rotatable bonds is 5. The van der Waals surface area contributed by atoms with Crippen LogP contribution in [0.15, 0.2) is 18.2 Å². The smallest absolute Gasteiger partial charge is 0.319 e. The normalized spacial score (nSPS) is 15.8. The highest BCUT2D eigenvalue weighted by molar-refractivity contribution is 6.10. The zero-order valence-electron chi connectivity index (χ0n) is 11.3. The summed E-state index contributed by atoms with van der Waals surface area (Å²) in [5.74, 6) is -2.15. The molecule has 1 fully saturated rings. The number of anilines is 1. The molecule has 0 aromatic heterocycles. The Kier molecular flexibility index (Phi) is 3.65. The average Bonchev–Trinajstić information content (AvgIpc) is 3.13. The molecule has 0 radical (unpaired) electrons. The molecule has 0 spiro atoms. The van der Waals surface area contributed by atoms with Crippen LogP contribution >= 0.6 is 0 Å². The minimum atomic E-state index is -1.39. The van der Waals surface area contributed by atoms with Crippen molar-refractivity contribution in [3.8, 4) is 5.75 Å². The number of amides is 1. The van der Waals surface area contributed by atoms with Gasteiger partial charge in [-0.05, 0) is 38.8 Å². The minimum absolute atomic E-state index is 0.0429. The first-order valence-corrected chi connectivity index (χ1v) is 6.36. The van der Waals surface area contributed by atoms with E-state index in [1.54, 1.807) is 0 Å². The van der Waals surface area contributed by atoms with Crippen LogP contribution in [-0.2, 0) is 9.59 Å². The molecule has 1 aliphatic rings. The van der Waals surface area contributed by atoms with E-state index in [9.17, 15) is 14.0 Å². The molecule has 0 saturated heterocycles. The van der Waals surface area contributed by atoms with Crippen molar-refractivity contribution < 1.29 is 23.8 Å². The Bertz CT molecular complexity index is 552. The first-order valence-electron chi connectivity index (χ1n) is 6.36. The number of carbonyl (C=O) groups is 2. The maximum absolute atomic E-state index is 13.8. The number of hydrogen-bond acceptors (Lipinski definition) is 3. The fourth-order valence-electron chi connectivity index (χ4n) is 1.85. The van der Waals surface area contributed by atoms with Crippen LogP contribution in [-0.4, -0.2) is 23.1 Å². The van der Waals surface area contributed by atoms with E-state index in [2.05, 4.69) is 5.32 Å². The number of halogens is 1. The van der Waals surface area contributed by atoms with E-state index in [-0.39, 0.29) is 24.6 Å². The van der Waals surface area contributed by atoms with E-state index in [0.717, 1.165) is 6.07 Å². The highest BCUT2D eigenvalue weighted by Gasteiger charge is 2.57. The lowest BCUT2D eigenvalue weighted by atomic mass is 10.1. The number of carbonyl (C=O) groups excluding carboxylic acids is 1. The predicted octanol–water partition coefficient (Wildman–Crippen LogP) is 2.42. The third-order valence-electron chi connectivity index (χ3n) is 3.15. The summed E-state index contributed by atoms with van der Waals surface area (Å²) in [5.41, 5.74) is -1.43. The number of ether oxygens (including phenoxy) is 1. The van der Waals surface area contributed by atoms with Crippen molar-refractivity contribution in [3.05, 3.63) is 24.0 Å². The molecule has 2 rings (SSSR count). The topological polar surface area (TPSA) is 75.6 Å². The number of hydrogen-bond donors (Lipinski definition) is 2. The van der Waals surface area contributed by atoms with Gasteiger partial charge in [-0.15, -0.1) is 0 Å². The summed E-state index contributed by atoms with van der Waals surface area (Å²) in [6.45, 7) is 3.63. The molecule has 6 heteroatoms. The van der Waals surface area contributed by atoms with Crippen LogP contribution < -0.4 is 10.1 Å². The van der Waals surface area contributed by atoms with E-state index in [4.69, 9.17) is 9.84 Å². The van der Waals surface area contributed by atoms with Crippen molar-refractivity contribution in [3.63, 3.8) is 0 Å². The van der Waals surface area contributed by atoms with Gasteiger partial charge in [0, 0.05) is 6.07 Å². The molecule has 5 nitrogen and oxygen atoms in total. The van der Waals surface area contributed by atoms with Crippen LogP contribution in [0, 0.1) is 11.2 Å². The number of carboxylic acid groups (broad SMARTS) is 1. The summed E-state index contributed by atoms with van der Waals surface area (Å²) in [7, 11) is 0. The van der Waals surface area contributed by atoms with E-state index < -0.39 is 23.1 Å². The van der Waals surface area contributed by atoms with Crippen molar-refractivity contribution in [1.82, 2.24) is 0 Å². The van der Waals surface area contributed by atoms with Gasteiger partial charge in [-0.1, -0.05) is 0 Å². The number of nitrogens with one attached hydrogen (secondary N) is 1. The molecule has 1 saturated carbocycles. The summed E-state index contributed by atoms with van der Waals surface area (Å²) < 4.78 is 19.2. The van der Waals surface area contributed by atoms with E-state index in [0.29, 0.717) is 5.75 Å². The Hall–Kier alpha value is -2.11. The van der Waals surface area contributed by atoms with Crippen LogP contribution in [0.4, 0.5) is 10.1 Å². The Morgan fingerprint density at radius 2 is 2.05 bits per heavy atom. The average molecular weight is 281 g/mol. The van der Waals surface area contributed by atoms with Crippen LogP contribution in [0.2, 0.25) is 0 Å². The second-order valence-electron chi connectivity index (χ2n) is 5.15. The number of carboxylic acids is 1. The molecule has 1 aliphatic carbocycles. The number of aliphatic carboxylic acids is 1. The second-order valence-corrected chi connectivity index (χ2v) is 5.15. The summed E-state index contributed by atoms with van der Waals surface area (Å²) in [4.78, 5) is 22.9. The summed E-state index contributed by atoms with van der Waals surface area (Å²) >= 11 is 0. The molecule has 0 aliphatic heterocycles. The van der Waals surface area contributed by atoms with Gasteiger partial charge in [0.2, 0.25) is 5.91 Å². The van der Waals surface area contributed by atoms with Gasteiger partial charge in [0.25, 0.3) is 0 Å². The Labute approximate surface area is 115 Å². The molecule has 2 N–H and O–H groups in total. The zero-order chi connectivity index (χ0) is 14.9. The lowest BCUT2D eigenvalue weighted by Gasteiger charge is -2.13. The van der Waals surface area contributed by atoms with E-state index in [1.165, 1.54) is 12.1 Å². The fourth-order valence-corrected chi connectivity index (χ4v) is 1.85. The van der Waals surface area contributed by atoms with Crippen molar-refractivity contribution in [1.29, 1.82) is 0 Å². The monoisotopic (exact) mass is 281 g/mol. The van der Waals surface area contributed by atoms with Gasteiger partial charge >= 0.3 is 5.97 Å². The quantitative estimate of drug-likeness (QED) is 0.813. The maximum atomic E-state index is 13.8. The van der Waals surface area contributed by atoms with Crippen LogP contribution in [0.5, 0.6) is 5.75 Å². The first-order chi connectivity index (χ1) is 9.35. The standard InChI is InChI=1S/C14H16FNO4/c1-8(2)20-9-3-4-11(10(15)7-9)16-12(17)14(5-6-14)13(18)19/h3-4,7-8H,5-6H2,1-2H3,(H,16,17)(H,18,19). The molecular weight excluding hydrogens is 265 g/mol. The molecular formula is C14H16FNO4. The van der Waals surface area contributed by atoms with Gasteiger partial charge < -0.3 is 15.2 Å². The van der Waals surface area contributed by atoms with Gasteiger partial charge in [0.05, 0.1) is 11.8 Å². The third kappa shape index (κ3) is 2.74. The molecule has 108 valence electrons. The molecule has 0 heterocycles. The van der Waals surface area contributed by atoms with Gasteiger partial charge in [-0.25, -0.2) is 4.39 Å². The Balaban J connectivity index is 2.11. The molecule has 1 amide bonds. The van der Waals surface area contributed by atoms with Crippen LogP contribution in [0.1, 0.15) is 26.7 Å². The number of benzene rings is 1. The van der Waals surface area contributed by atoms with Crippen LogP contribution in [0.25, 0.3) is 0 Å². The highest BCUT2D eigenvalue weighted by Crippen LogP contribution is 2.46. The van der Waals surface area contributed by atoms with Crippen LogP contribution in [0.3, 0.4) is 0 Å². The van der Waals surface area contributed by atoms with Gasteiger partial charge in [-0.2, -0.15) is 0 Å². The predicted molar refractivity (Wildman–Crippen MR) is 70.1 cm³/mol. The van der Waals surface area contributed by atoms with Gasteiger partial charge in [-0.3, -0.25) is 9.59 Å². The van der Waals surface area contributed by atoms with E-state index in [1.807, 2.05) is 13.8 Å². The molecule has 0 unspecified atom stereocenters. The summed E-state index contributed by atoms with van der Waals surface area (Å²) in [5, 5.41) is 11.3. The molecule has 0 bridgehead atoms. The van der Waals surface area contributed by atoms with Crippen molar-refractivity contribution in [2.75, 3.05) is 5.32 Å². The highest BCUT2D eigenvalue weighted by atomic mass is 19.1. The van der Waals surface area contributed by atoms with Gasteiger partial charge in [0.1, 0.15) is 17.0 Å². The van der Waals surface area contributed by atoms with Crippen molar-refractivity contribution in [2.45, 2.75) is 32.8 Å².